The molecule has 92 valence electrons. The molecule has 0 spiro atoms. The van der Waals surface area contributed by atoms with Crippen LogP contribution < -0.4 is 4.52 Å². The molecule has 0 amide bonds. The molecule has 0 aliphatic heterocycles. The molecule has 0 unspecified atom stereocenters. The molecule has 0 heterocycles. The highest BCUT2D eigenvalue weighted by Crippen LogP contribution is 2.50. The lowest BCUT2D eigenvalue weighted by Crippen LogP contribution is -1.97. The third kappa shape index (κ3) is 4.91. The van der Waals surface area contributed by atoms with E-state index < -0.39 is 7.75 Å². The molecule has 6 nitrogen and oxygen atoms in total. The first-order valence-electron chi connectivity index (χ1n) is 5.26. The first kappa shape index (κ1) is 13.6. The Labute approximate surface area is 99.8 Å². The van der Waals surface area contributed by atoms with Gasteiger partial charge < -0.3 is 4.52 Å². The van der Waals surface area contributed by atoms with Gasteiger partial charge in [-0.3, -0.25) is 4.52 Å². The third-order valence-electron chi connectivity index (χ3n) is 1.87. The first-order chi connectivity index (χ1) is 8.20. The molecule has 0 N–H and O–H groups in total. The quantitative estimate of drug-likeness (QED) is 0.239. The van der Waals surface area contributed by atoms with Gasteiger partial charge in [0.1, 0.15) is 5.75 Å². The monoisotopic (exact) mass is 255 g/mol. The lowest BCUT2D eigenvalue weighted by atomic mass is 10.3. The second-order valence-electron chi connectivity index (χ2n) is 3.24. The lowest BCUT2D eigenvalue weighted by Gasteiger charge is -2.13. The first-order valence-corrected chi connectivity index (χ1v) is 6.75. The highest BCUT2D eigenvalue weighted by atomic mass is 31.2. The molecule has 7 heteroatoms. The van der Waals surface area contributed by atoms with E-state index in [4.69, 9.17) is 14.6 Å². The SMILES string of the molecule is CCCCO[P@@](=O)(N=[N+]=[N-])Oc1ccccc1. The molecule has 1 atom stereocenters. The summed E-state index contributed by atoms with van der Waals surface area (Å²) in [7, 11) is -3.76. The van der Waals surface area contributed by atoms with E-state index in [-0.39, 0.29) is 6.61 Å². The fourth-order valence-corrected chi connectivity index (χ4v) is 2.05. The van der Waals surface area contributed by atoms with E-state index in [2.05, 4.69) is 9.80 Å². The van der Waals surface area contributed by atoms with Crippen LogP contribution in [0.3, 0.4) is 0 Å². The number of azide groups is 1. The minimum absolute atomic E-state index is 0.236. The van der Waals surface area contributed by atoms with Crippen LogP contribution in [-0.2, 0) is 9.09 Å². The standard InChI is InChI=1S/C10H14N3O3P/c1-2-3-9-15-17(14,13-12-11)16-10-7-5-4-6-8-10/h4-8H,2-3,9H2,1H3/t17-/m0/s1. The van der Waals surface area contributed by atoms with Gasteiger partial charge in [0, 0.05) is 9.80 Å². The molecule has 0 aromatic heterocycles. The Kier molecular flexibility index (Phi) is 5.57. The van der Waals surface area contributed by atoms with Crippen LogP contribution >= 0.6 is 7.75 Å². The number of para-hydroxylation sites is 1. The van der Waals surface area contributed by atoms with E-state index in [1.165, 1.54) is 0 Å². The summed E-state index contributed by atoms with van der Waals surface area (Å²) in [5, 5.41) is 0. The van der Waals surface area contributed by atoms with Crippen molar-refractivity contribution in [3.8, 4) is 5.75 Å². The van der Waals surface area contributed by atoms with Crippen molar-refractivity contribution in [2.24, 2.45) is 4.88 Å². The molecular weight excluding hydrogens is 241 g/mol. The zero-order chi connectivity index (χ0) is 12.6. The Morgan fingerprint density at radius 3 is 2.71 bits per heavy atom. The third-order valence-corrected chi connectivity index (χ3v) is 3.12. The second-order valence-corrected chi connectivity index (χ2v) is 4.80. The molecule has 0 aliphatic rings. The zero-order valence-electron chi connectivity index (χ0n) is 9.52. The summed E-state index contributed by atoms with van der Waals surface area (Å²) in [6.45, 7) is 2.21. The maximum absolute atomic E-state index is 12.0. The minimum atomic E-state index is -3.76. The summed E-state index contributed by atoms with van der Waals surface area (Å²) >= 11 is 0. The molecule has 0 radical (unpaired) electrons. The molecule has 1 aromatic rings. The van der Waals surface area contributed by atoms with Gasteiger partial charge in [-0.05, 0) is 24.1 Å². The van der Waals surface area contributed by atoms with Crippen molar-refractivity contribution in [1.29, 1.82) is 0 Å². The van der Waals surface area contributed by atoms with Gasteiger partial charge in [-0.1, -0.05) is 31.5 Å². The van der Waals surface area contributed by atoms with Crippen LogP contribution in [0.15, 0.2) is 35.2 Å². The number of rotatable bonds is 7. The fourth-order valence-electron chi connectivity index (χ4n) is 1.06. The predicted octanol–water partition coefficient (Wildman–Crippen LogP) is 4.30. The van der Waals surface area contributed by atoms with E-state index >= 15 is 0 Å². The second kappa shape index (κ2) is 6.97. The molecule has 1 aromatic carbocycles. The molecular formula is C10H14N3O3P. The van der Waals surface area contributed by atoms with Crippen molar-refractivity contribution in [1.82, 2.24) is 0 Å². The van der Waals surface area contributed by atoms with Crippen LogP contribution in [0.4, 0.5) is 0 Å². The number of unbranched alkanes of at least 4 members (excludes halogenated alkanes) is 1. The van der Waals surface area contributed by atoms with Crippen LogP contribution in [0.5, 0.6) is 5.75 Å². The van der Waals surface area contributed by atoms with Crippen molar-refractivity contribution < 1.29 is 13.6 Å². The normalized spacial score (nSPS) is 13.5. The van der Waals surface area contributed by atoms with Gasteiger partial charge in [0.05, 0.1) is 6.61 Å². The highest BCUT2D eigenvalue weighted by molar-refractivity contribution is 7.52. The van der Waals surface area contributed by atoms with Crippen molar-refractivity contribution in [2.45, 2.75) is 19.8 Å². The molecule has 0 saturated heterocycles. The summed E-state index contributed by atoms with van der Waals surface area (Å²) in [6, 6.07) is 8.47. The van der Waals surface area contributed by atoms with Gasteiger partial charge in [-0.15, -0.1) is 0 Å². The summed E-state index contributed by atoms with van der Waals surface area (Å²) < 4.78 is 22.1. The summed E-state index contributed by atoms with van der Waals surface area (Å²) in [5.74, 6) is 0.347. The average molecular weight is 255 g/mol. The van der Waals surface area contributed by atoms with E-state index in [1.807, 2.05) is 6.92 Å². The largest absolute Gasteiger partial charge is 0.470 e. The summed E-state index contributed by atoms with van der Waals surface area (Å²) in [4.78, 5) is 5.61. The molecule has 0 saturated carbocycles. The highest BCUT2D eigenvalue weighted by Gasteiger charge is 2.24. The molecule has 0 aliphatic carbocycles. The van der Waals surface area contributed by atoms with Gasteiger partial charge in [0.25, 0.3) is 0 Å². The molecule has 0 bridgehead atoms. The number of hydrogen-bond donors (Lipinski definition) is 0. The van der Waals surface area contributed by atoms with Crippen molar-refractivity contribution in [3.63, 3.8) is 0 Å². The van der Waals surface area contributed by atoms with Crippen LogP contribution in [0.2, 0.25) is 0 Å². The van der Waals surface area contributed by atoms with Gasteiger partial charge in [0.2, 0.25) is 0 Å². The van der Waals surface area contributed by atoms with Crippen LogP contribution in [0.25, 0.3) is 10.4 Å². The van der Waals surface area contributed by atoms with E-state index in [0.717, 1.165) is 12.8 Å². The van der Waals surface area contributed by atoms with E-state index in [9.17, 15) is 4.57 Å². The van der Waals surface area contributed by atoms with E-state index in [0.29, 0.717) is 5.75 Å². The molecule has 0 fully saturated rings. The van der Waals surface area contributed by atoms with Gasteiger partial charge >= 0.3 is 7.75 Å². The number of hydrogen-bond acceptors (Lipinski definition) is 3. The smallest absolute Gasteiger partial charge is 0.420 e. The van der Waals surface area contributed by atoms with Crippen LogP contribution in [0, 0.1) is 0 Å². The van der Waals surface area contributed by atoms with Crippen molar-refractivity contribution in [3.05, 3.63) is 40.8 Å². The van der Waals surface area contributed by atoms with Crippen molar-refractivity contribution >= 4 is 7.75 Å². The number of benzene rings is 1. The number of nitrogens with zero attached hydrogens (tertiary/aromatic N) is 3. The minimum Gasteiger partial charge on any atom is -0.420 e. The fraction of sp³-hybridized carbons (Fsp3) is 0.400. The van der Waals surface area contributed by atoms with E-state index in [1.54, 1.807) is 30.3 Å². The van der Waals surface area contributed by atoms with Gasteiger partial charge in [-0.2, -0.15) is 0 Å². The van der Waals surface area contributed by atoms with Crippen LogP contribution in [0.1, 0.15) is 19.8 Å². The van der Waals surface area contributed by atoms with Gasteiger partial charge in [0.15, 0.2) is 0 Å². The van der Waals surface area contributed by atoms with Crippen LogP contribution in [-0.4, -0.2) is 6.61 Å². The maximum atomic E-state index is 12.0. The van der Waals surface area contributed by atoms with Gasteiger partial charge in [-0.25, -0.2) is 4.57 Å². The average Bonchev–Trinajstić information content (AvgIpc) is 2.31. The Bertz CT molecular complexity index is 432. The molecule has 17 heavy (non-hydrogen) atoms. The summed E-state index contributed by atoms with van der Waals surface area (Å²) in [5.41, 5.74) is 8.36. The Morgan fingerprint density at radius 2 is 2.12 bits per heavy atom. The Hall–Kier alpha value is -1.48. The Balaban J connectivity index is 2.71. The summed E-state index contributed by atoms with van der Waals surface area (Å²) in [6.07, 6.45) is 1.62. The topological polar surface area (TPSA) is 84.3 Å². The zero-order valence-corrected chi connectivity index (χ0v) is 10.4. The lowest BCUT2D eigenvalue weighted by molar-refractivity contribution is 0.260. The predicted molar refractivity (Wildman–Crippen MR) is 64.7 cm³/mol. The molecule has 1 rings (SSSR count). The Morgan fingerprint density at radius 1 is 1.41 bits per heavy atom. The maximum Gasteiger partial charge on any atom is 0.470 e. The van der Waals surface area contributed by atoms with Crippen molar-refractivity contribution in [2.75, 3.05) is 6.61 Å².